The molecule has 1 aromatic heterocycles. The van der Waals surface area contributed by atoms with E-state index in [1.165, 1.54) is 18.2 Å². The van der Waals surface area contributed by atoms with Crippen LogP contribution in [0.1, 0.15) is 16.1 Å². The molecule has 1 N–H and O–H groups in total. The van der Waals surface area contributed by atoms with Gasteiger partial charge in [0, 0.05) is 54.8 Å². The highest BCUT2D eigenvalue weighted by Gasteiger charge is 2.22. The summed E-state index contributed by atoms with van der Waals surface area (Å²) >= 11 is 5.85. The number of amides is 2. The highest BCUT2D eigenvalue weighted by atomic mass is 35.5. The second-order valence-electron chi connectivity index (χ2n) is 9.21. The molecule has 0 bridgehead atoms. The number of furan rings is 1. The van der Waals surface area contributed by atoms with E-state index in [0.717, 1.165) is 11.4 Å². The fourth-order valence-corrected chi connectivity index (χ4v) is 4.61. The number of hydrogen-bond donors (Lipinski definition) is 1. The normalized spacial score (nSPS) is 13.5. The molecule has 0 aliphatic carbocycles. The Labute approximate surface area is 236 Å². The molecule has 9 heteroatoms. The zero-order valence-corrected chi connectivity index (χ0v) is 22.5. The van der Waals surface area contributed by atoms with Gasteiger partial charge in [0.2, 0.25) is 5.91 Å². The van der Waals surface area contributed by atoms with E-state index in [9.17, 15) is 14.0 Å². The second kappa shape index (κ2) is 12.1. The Kier molecular flexibility index (Phi) is 8.17. The van der Waals surface area contributed by atoms with Gasteiger partial charge in [-0.1, -0.05) is 11.6 Å². The van der Waals surface area contributed by atoms with E-state index in [1.807, 2.05) is 29.2 Å². The fourth-order valence-electron chi connectivity index (χ4n) is 4.43. The molecule has 7 nitrogen and oxygen atoms in total. The fraction of sp³-hybridized carbons (Fsp3) is 0.161. The average Bonchev–Trinajstić information content (AvgIpc) is 3.47. The van der Waals surface area contributed by atoms with E-state index in [-0.39, 0.29) is 16.8 Å². The summed E-state index contributed by atoms with van der Waals surface area (Å²) in [5, 5.41) is 2.85. The molecule has 1 fully saturated rings. The Morgan fingerprint density at radius 1 is 0.950 bits per heavy atom. The van der Waals surface area contributed by atoms with Gasteiger partial charge in [-0.3, -0.25) is 9.59 Å². The largest absolute Gasteiger partial charge is 0.497 e. The summed E-state index contributed by atoms with van der Waals surface area (Å²) in [5.74, 6) is 0.925. The van der Waals surface area contributed by atoms with Crippen molar-refractivity contribution in [3.8, 4) is 17.1 Å². The highest BCUT2D eigenvalue weighted by Crippen LogP contribution is 2.27. The Bertz CT molecular complexity index is 1530. The van der Waals surface area contributed by atoms with Gasteiger partial charge in [-0.05, 0) is 84.9 Å². The van der Waals surface area contributed by atoms with Crippen molar-refractivity contribution in [1.29, 1.82) is 0 Å². The summed E-state index contributed by atoms with van der Waals surface area (Å²) in [6.45, 7) is 2.67. The van der Waals surface area contributed by atoms with Gasteiger partial charge >= 0.3 is 0 Å². The number of benzene rings is 3. The number of hydrogen-bond acceptors (Lipinski definition) is 5. The first kappa shape index (κ1) is 27.0. The van der Waals surface area contributed by atoms with E-state index >= 15 is 0 Å². The predicted octanol–water partition coefficient (Wildman–Crippen LogP) is 6.36. The second-order valence-corrected chi connectivity index (χ2v) is 9.62. The van der Waals surface area contributed by atoms with Gasteiger partial charge in [-0.2, -0.15) is 0 Å². The number of anilines is 2. The minimum atomic E-state index is -0.499. The van der Waals surface area contributed by atoms with Crippen LogP contribution < -0.4 is 15.0 Å². The molecular weight excluding hydrogens is 533 g/mol. The molecule has 204 valence electrons. The lowest BCUT2D eigenvalue weighted by Gasteiger charge is -2.36. The number of piperazine rings is 1. The molecule has 2 amide bonds. The molecule has 0 unspecified atom stereocenters. The molecule has 2 heterocycles. The Hall–Kier alpha value is -4.56. The van der Waals surface area contributed by atoms with Crippen molar-refractivity contribution in [1.82, 2.24) is 4.90 Å². The first-order valence-electron chi connectivity index (χ1n) is 12.7. The van der Waals surface area contributed by atoms with Gasteiger partial charge in [-0.15, -0.1) is 0 Å². The number of ether oxygens (including phenoxy) is 1. The number of halogens is 2. The van der Waals surface area contributed by atoms with Crippen LogP contribution in [0.5, 0.6) is 5.75 Å². The molecule has 1 aliphatic heterocycles. The number of nitrogens with zero attached hydrogens (tertiary/aromatic N) is 2. The molecule has 4 aromatic rings. The lowest BCUT2D eigenvalue weighted by Crippen LogP contribution is -2.48. The topological polar surface area (TPSA) is 75.0 Å². The highest BCUT2D eigenvalue weighted by molar-refractivity contribution is 6.31. The van der Waals surface area contributed by atoms with Gasteiger partial charge in [0.05, 0.1) is 12.1 Å². The van der Waals surface area contributed by atoms with E-state index in [0.29, 0.717) is 54.5 Å². The molecule has 5 rings (SSSR count). The van der Waals surface area contributed by atoms with Gasteiger partial charge < -0.3 is 24.3 Å². The number of carbonyl (C=O) groups is 2. The summed E-state index contributed by atoms with van der Waals surface area (Å²) in [6.07, 6.45) is 2.94. The molecule has 1 saturated heterocycles. The number of rotatable bonds is 7. The Balaban J connectivity index is 1.12. The first-order chi connectivity index (χ1) is 19.4. The SMILES string of the molecule is COc1ccc(C(=O)N2CCN(c3ccc(NC(=O)/C=C/c4ccc(-c5ccc(F)c(Cl)c5)o4)cc3)CC2)cc1. The lowest BCUT2D eigenvalue weighted by molar-refractivity contribution is -0.111. The van der Waals surface area contributed by atoms with Crippen LogP contribution >= 0.6 is 11.6 Å². The number of carbonyl (C=O) groups excluding carboxylic acids is 2. The minimum Gasteiger partial charge on any atom is -0.497 e. The summed E-state index contributed by atoms with van der Waals surface area (Å²) < 4.78 is 24.3. The molecule has 40 heavy (non-hydrogen) atoms. The van der Waals surface area contributed by atoms with Crippen LogP contribution in [-0.4, -0.2) is 50.0 Å². The van der Waals surface area contributed by atoms with E-state index in [1.54, 1.807) is 55.7 Å². The van der Waals surface area contributed by atoms with Gasteiger partial charge in [0.25, 0.3) is 5.91 Å². The van der Waals surface area contributed by atoms with Gasteiger partial charge in [0.15, 0.2) is 0 Å². The van der Waals surface area contributed by atoms with Gasteiger partial charge in [-0.25, -0.2) is 4.39 Å². The van der Waals surface area contributed by atoms with E-state index in [2.05, 4.69) is 10.2 Å². The van der Waals surface area contributed by atoms with Crippen LogP contribution in [0.3, 0.4) is 0 Å². The monoisotopic (exact) mass is 559 g/mol. The van der Waals surface area contributed by atoms with Crippen molar-refractivity contribution in [2.75, 3.05) is 43.5 Å². The summed E-state index contributed by atoms with van der Waals surface area (Å²) in [5.41, 5.74) is 2.97. The van der Waals surface area contributed by atoms with Crippen LogP contribution in [0.4, 0.5) is 15.8 Å². The quantitative estimate of drug-likeness (QED) is 0.267. The third-order valence-corrected chi connectivity index (χ3v) is 6.92. The van der Waals surface area contributed by atoms with E-state index in [4.69, 9.17) is 20.8 Å². The number of nitrogens with one attached hydrogen (secondary N) is 1. The maximum Gasteiger partial charge on any atom is 0.253 e. The minimum absolute atomic E-state index is 0.0125. The maximum absolute atomic E-state index is 13.4. The summed E-state index contributed by atoms with van der Waals surface area (Å²) in [6, 6.07) is 22.5. The third kappa shape index (κ3) is 6.35. The Morgan fingerprint density at radius 3 is 2.35 bits per heavy atom. The van der Waals surface area contributed by atoms with Crippen LogP contribution in [-0.2, 0) is 4.79 Å². The maximum atomic E-state index is 13.4. The van der Waals surface area contributed by atoms with Crippen molar-refractivity contribution >= 4 is 40.9 Å². The zero-order valence-electron chi connectivity index (χ0n) is 21.8. The predicted molar refractivity (Wildman–Crippen MR) is 154 cm³/mol. The molecule has 0 radical (unpaired) electrons. The van der Waals surface area contributed by atoms with Crippen LogP contribution in [0, 0.1) is 5.82 Å². The summed E-state index contributed by atoms with van der Waals surface area (Å²) in [7, 11) is 1.60. The molecule has 1 aliphatic rings. The zero-order chi connectivity index (χ0) is 28.1. The van der Waals surface area contributed by atoms with Crippen LogP contribution in [0.25, 0.3) is 17.4 Å². The molecule has 0 saturated carbocycles. The van der Waals surface area contributed by atoms with Crippen molar-refractivity contribution in [2.45, 2.75) is 0 Å². The average molecular weight is 560 g/mol. The van der Waals surface area contributed by atoms with Crippen LogP contribution in [0.15, 0.2) is 89.4 Å². The third-order valence-electron chi connectivity index (χ3n) is 6.63. The molecule has 0 atom stereocenters. The van der Waals surface area contributed by atoms with Crippen molar-refractivity contribution in [2.24, 2.45) is 0 Å². The van der Waals surface area contributed by atoms with Crippen molar-refractivity contribution in [3.05, 3.63) is 107 Å². The van der Waals surface area contributed by atoms with E-state index < -0.39 is 5.82 Å². The smallest absolute Gasteiger partial charge is 0.253 e. The summed E-state index contributed by atoms with van der Waals surface area (Å²) in [4.78, 5) is 29.3. The van der Waals surface area contributed by atoms with Crippen LogP contribution in [0.2, 0.25) is 5.02 Å². The number of methoxy groups -OCH3 is 1. The molecule has 3 aromatic carbocycles. The first-order valence-corrected chi connectivity index (χ1v) is 13.1. The van der Waals surface area contributed by atoms with Crippen molar-refractivity contribution in [3.63, 3.8) is 0 Å². The standard InChI is InChI=1S/C31H27ClFN3O4/c1-39-25-9-2-21(3-10-25)31(38)36-18-16-35(17-19-36)24-7-5-23(6-8-24)34-30(37)15-12-26-11-14-29(40-26)22-4-13-28(33)27(32)20-22/h2-15,20H,16-19H2,1H3,(H,34,37)/b15-12+. The van der Waals surface area contributed by atoms with Gasteiger partial charge in [0.1, 0.15) is 23.1 Å². The molecular formula is C31H27ClFN3O4. The van der Waals surface area contributed by atoms with Crippen molar-refractivity contribution < 1.29 is 23.1 Å². The Morgan fingerprint density at radius 2 is 1.68 bits per heavy atom. The molecule has 0 spiro atoms. The lowest BCUT2D eigenvalue weighted by atomic mass is 10.1.